The molecular formula is C9H5F9N2O2. The van der Waals surface area contributed by atoms with Gasteiger partial charge in [0.15, 0.2) is 6.17 Å². The predicted octanol–water partition coefficient (Wildman–Crippen LogP) is 3.23. The number of aliphatic imine (C=N–C) groups is 2. The molecule has 0 rings (SSSR count). The maximum atomic E-state index is 13.1. The van der Waals surface area contributed by atoms with Crippen LogP contribution in [0.2, 0.25) is 0 Å². The molecule has 4 nitrogen and oxygen atoms in total. The molecule has 0 N–H and O–H groups in total. The van der Waals surface area contributed by atoms with Gasteiger partial charge in [0, 0.05) is 6.42 Å². The minimum Gasteiger partial charge on any atom is -0.211 e. The maximum absolute atomic E-state index is 13.1. The number of nitrogens with zero attached hydrogens (tertiary/aromatic N) is 2. The zero-order valence-corrected chi connectivity index (χ0v) is 10.1. The van der Waals surface area contributed by atoms with Crippen LogP contribution in [0.25, 0.3) is 0 Å². The van der Waals surface area contributed by atoms with E-state index in [4.69, 9.17) is 0 Å². The first-order valence-electron chi connectivity index (χ1n) is 5.08. The SMILES string of the molecule is O=C=NC(CCC(F)(F)C(F)(F)C(F)(F)C(F)(F)F)N=C=O. The highest BCUT2D eigenvalue weighted by Crippen LogP contribution is 2.54. The van der Waals surface area contributed by atoms with Gasteiger partial charge in [-0.05, 0) is 6.42 Å². The van der Waals surface area contributed by atoms with Crippen molar-refractivity contribution in [1.29, 1.82) is 0 Å². The Balaban J connectivity index is 5.37. The van der Waals surface area contributed by atoms with E-state index in [1.54, 1.807) is 0 Å². The average Bonchev–Trinajstić information content (AvgIpc) is 2.34. The van der Waals surface area contributed by atoms with E-state index in [0.717, 1.165) is 12.2 Å². The lowest BCUT2D eigenvalue weighted by atomic mass is 9.99. The number of carbonyl (C=O) groups excluding carboxylic acids is 2. The Labute approximate surface area is 115 Å². The van der Waals surface area contributed by atoms with Crippen molar-refractivity contribution in [3.8, 4) is 0 Å². The summed E-state index contributed by atoms with van der Waals surface area (Å²) in [5.41, 5.74) is 0. The Morgan fingerprint density at radius 1 is 0.773 bits per heavy atom. The van der Waals surface area contributed by atoms with E-state index in [1.165, 1.54) is 0 Å². The maximum Gasteiger partial charge on any atom is 0.460 e. The van der Waals surface area contributed by atoms with Gasteiger partial charge in [0.05, 0.1) is 0 Å². The summed E-state index contributed by atoms with van der Waals surface area (Å²) in [5, 5.41) is 0. The molecule has 0 heterocycles. The Bertz CT molecular complexity index is 472. The van der Waals surface area contributed by atoms with Gasteiger partial charge < -0.3 is 0 Å². The van der Waals surface area contributed by atoms with Crippen molar-refractivity contribution in [1.82, 2.24) is 0 Å². The highest BCUT2D eigenvalue weighted by molar-refractivity contribution is 5.36. The van der Waals surface area contributed by atoms with Crippen LogP contribution in [-0.4, -0.2) is 42.3 Å². The van der Waals surface area contributed by atoms with Gasteiger partial charge in [-0.15, -0.1) is 0 Å². The third-order valence-electron chi connectivity index (χ3n) is 2.33. The molecule has 0 bridgehead atoms. The van der Waals surface area contributed by atoms with Crippen LogP contribution in [0.5, 0.6) is 0 Å². The van der Waals surface area contributed by atoms with Crippen LogP contribution in [0.15, 0.2) is 9.98 Å². The molecule has 0 saturated carbocycles. The van der Waals surface area contributed by atoms with Crippen molar-refractivity contribution in [2.24, 2.45) is 9.98 Å². The lowest BCUT2D eigenvalue weighted by molar-refractivity contribution is -0.396. The molecule has 0 unspecified atom stereocenters. The second-order valence-electron chi connectivity index (χ2n) is 3.81. The predicted molar refractivity (Wildman–Crippen MR) is 50.2 cm³/mol. The highest BCUT2D eigenvalue weighted by atomic mass is 19.4. The third kappa shape index (κ3) is 3.86. The van der Waals surface area contributed by atoms with Crippen molar-refractivity contribution in [2.75, 3.05) is 0 Å². The van der Waals surface area contributed by atoms with Gasteiger partial charge in [0.1, 0.15) is 0 Å². The van der Waals surface area contributed by atoms with E-state index in [9.17, 15) is 49.1 Å². The summed E-state index contributed by atoms with van der Waals surface area (Å²) in [6.07, 6.45) is -11.1. The first-order chi connectivity index (χ1) is 9.74. The van der Waals surface area contributed by atoms with Crippen LogP contribution in [0.1, 0.15) is 12.8 Å². The molecule has 0 aliphatic rings. The van der Waals surface area contributed by atoms with Gasteiger partial charge in [-0.3, -0.25) is 0 Å². The fraction of sp³-hybridized carbons (Fsp3) is 0.778. The smallest absolute Gasteiger partial charge is 0.211 e. The molecule has 0 aromatic rings. The summed E-state index contributed by atoms with van der Waals surface area (Å²) >= 11 is 0. The minimum absolute atomic E-state index is 0.724. The van der Waals surface area contributed by atoms with Gasteiger partial charge in [-0.2, -0.15) is 49.5 Å². The summed E-state index contributed by atoms with van der Waals surface area (Å²) in [4.78, 5) is 24.8. The van der Waals surface area contributed by atoms with Crippen molar-refractivity contribution in [3.63, 3.8) is 0 Å². The number of hydrogen-bond acceptors (Lipinski definition) is 4. The minimum atomic E-state index is -7.00. The standard InChI is InChI=1S/C9H5F9N2O2/c10-6(11,2-1-5(19-3-21)20-4-22)7(12,13)8(14,15)9(16,17)18/h5H,1-2H2. The van der Waals surface area contributed by atoms with E-state index in [2.05, 4.69) is 9.98 Å². The molecule has 0 spiro atoms. The molecule has 126 valence electrons. The Morgan fingerprint density at radius 2 is 1.18 bits per heavy atom. The van der Waals surface area contributed by atoms with Crippen molar-refractivity contribution in [2.45, 2.75) is 43.0 Å². The molecular weight excluding hydrogens is 339 g/mol. The van der Waals surface area contributed by atoms with Crippen molar-refractivity contribution >= 4 is 12.2 Å². The molecule has 22 heavy (non-hydrogen) atoms. The highest BCUT2D eigenvalue weighted by Gasteiger charge is 2.81. The van der Waals surface area contributed by atoms with Crippen LogP contribution >= 0.6 is 0 Å². The molecule has 0 radical (unpaired) electrons. The molecule has 0 amide bonds. The van der Waals surface area contributed by atoms with Gasteiger partial charge >= 0.3 is 23.9 Å². The van der Waals surface area contributed by atoms with E-state index in [0.29, 0.717) is 0 Å². The molecule has 0 fully saturated rings. The normalized spacial score (nSPS) is 14.8. The molecule has 13 heteroatoms. The van der Waals surface area contributed by atoms with Crippen LogP contribution in [0.4, 0.5) is 39.5 Å². The average molecular weight is 344 g/mol. The van der Waals surface area contributed by atoms with Crippen molar-refractivity contribution in [3.05, 3.63) is 0 Å². The Kier molecular flexibility index (Phi) is 5.94. The summed E-state index contributed by atoms with van der Waals surface area (Å²) in [7, 11) is 0. The van der Waals surface area contributed by atoms with Crippen LogP contribution in [0.3, 0.4) is 0 Å². The number of isocyanates is 2. The van der Waals surface area contributed by atoms with E-state index < -0.39 is 43.0 Å². The second-order valence-corrected chi connectivity index (χ2v) is 3.81. The van der Waals surface area contributed by atoms with Crippen LogP contribution < -0.4 is 0 Å². The fourth-order valence-electron chi connectivity index (χ4n) is 1.15. The quantitative estimate of drug-likeness (QED) is 0.404. The van der Waals surface area contributed by atoms with E-state index in [-0.39, 0.29) is 0 Å². The number of alkyl halides is 9. The largest absolute Gasteiger partial charge is 0.460 e. The lowest BCUT2D eigenvalue weighted by Crippen LogP contribution is -2.60. The summed E-state index contributed by atoms with van der Waals surface area (Å²) < 4.78 is 112. The number of hydrogen-bond donors (Lipinski definition) is 0. The monoisotopic (exact) mass is 344 g/mol. The van der Waals surface area contributed by atoms with Gasteiger partial charge in [-0.25, -0.2) is 9.59 Å². The summed E-state index contributed by atoms with van der Waals surface area (Å²) in [6.45, 7) is 0. The topological polar surface area (TPSA) is 58.9 Å². The van der Waals surface area contributed by atoms with Crippen LogP contribution in [0, 0.1) is 0 Å². The number of rotatable bonds is 7. The Morgan fingerprint density at radius 3 is 1.50 bits per heavy atom. The summed E-state index contributed by atoms with van der Waals surface area (Å²) in [5.74, 6) is -19.6. The molecule has 0 aromatic carbocycles. The molecule has 0 aliphatic carbocycles. The van der Waals surface area contributed by atoms with E-state index >= 15 is 0 Å². The molecule has 0 aromatic heterocycles. The van der Waals surface area contributed by atoms with Gasteiger partial charge in [-0.1, -0.05) is 0 Å². The molecule has 0 saturated heterocycles. The van der Waals surface area contributed by atoms with Gasteiger partial charge in [0.2, 0.25) is 12.2 Å². The second kappa shape index (κ2) is 6.49. The van der Waals surface area contributed by atoms with Crippen molar-refractivity contribution < 1.29 is 49.1 Å². The van der Waals surface area contributed by atoms with Gasteiger partial charge in [0.25, 0.3) is 0 Å². The molecule has 0 aliphatic heterocycles. The first-order valence-corrected chi connectivity index (χ1v) is 5.08. The zero-order chi connectivity index (χ0) is 17.8. The zero-order valence-electron chi connectivity index (χ0n) is 10.1. The first kappa shape index (κ1) is 20.1. The Hall–Kier alpha value is -1.87. The number of halogens is 9. The summed E-state index contributed by atoms with van der Waals surface area (Å²) in [6, 6.07) is 0. The molecule has 0 atom stereocenters. The lowest BCUT2D eigenvalue weighted by Gasteiger charge is -2.33. The van der Waals surface area contributed by atoms with Crippen LogP contribution in [-0.2, 0) is 9.59 Å². The fourth-order valence-corrected chi connectivity index (χ4v) is 1.15. The van der Waals surface area contributed by atoms with E-state index in [1.807, 2.05) is 0 Å². The third-order valence-corrected chi connectivity index (χ3v) is 2.33.